The summed E-state index contributed by atoms with van der Waals surface area (Å²) in [6, 6.07) is 20.2. The molecule has 0 unspecified atom stereocenters. The Balaban J connectivity index is 1.58. The number of rotatable bonds is 7. The van der Waals surface area contributed by atoms with Gasteiger partial charge >= 0.3 is 0 Å². The number of benzene rings is 2. The summed E-state index contributed by atoms with van der Waals surface area (Å²) in [6.07, 6.45) is 3.45. The average Bonchev–Trinajstić information content (AvgIpc) is 3.20. The maximum atomic E-state index is 13.3. The molecule has 7 nitrogen and oxygen atoms in total. The Morgan fingerprint density at radius 1 is 1.06 bits per heavy atom. The van der Waals surface area contributed by atoms with Crippen molar-refractivity contribution in [3.63, 3.8) is 0 Å². The number of hydrogen-bond acceptors (Lipinski definition) is 6. The highest BCUT2D eigenvalue weighted by atomic mass is 35.5. The molecular formula is C27H23ClN4O3. The second-order valence-electron chi connectivity index (χ2n) is 7.98. The molecule has 1 N–H and O–H groups in total. The van der Waals surface area contributed by atoms with E-state index < -0.39 is 0 Å². The quantitative estimate of drug-likeness (QED) is 0.380. The van der Waals surface area contributed by atoms with Gasteiger partial charge in [-0.15, -0.1) is 0 Å². The monoisotopic (exact) mass is 486 g/mol. The Bertz CT molecular complexity index is 1450. The number of ether oxygens (including phenoxy) is 2. The second-order valence-corrected chi connectivity index (χ2v) is 8.39. The van der Waals surface area contributed by atoms with Gasteiger partial charge in [0.15, 0.2) is 0 Å². The first kappa shape index (κ1) is 22.6. The lowest BCUT2D eigenvalue weighted by Crippen LogP contribution is -2.26. The van der Waals surface area contributed by atoms with Gasteiger partial charge in [0.2, 0.25) is 0 Å². The van der Waals surface area contributed by atoms with Crippen LogP contribution in [0.5, 0.6) is 11.5 Å². The molecule has 0 amide bonds. The number of pyridine rings is 2. The van der Waals surface area contributed by atoms with Gasteiger partial charge in [-0.2, -0.15) is 0 Å². The van der Waals surface area contributed by atoms with E-state index >= 15 is 0 Å². The summed E-state index contributed by atoms with van der Waals surface area (Å²) in [5, 5.41) is 2.35. The van der Waals surface area contributed by atoms with Crippen LogP contribution in [0.25, 0.3) is 5.70 Å². The normalized spacial score (nSPS) is 12.3. The minimum Gasteiger partial charge on any atom is -0.497 e. The molecule has 5 rings (SSSR count). The van der Waals surface area contributed by atoms with Crippen LogP contribution in [0.3, 0.4) is 0 Å². The molecule has 0 bridgehead atoms. The Labute approximate surface area is 207 Å². The molecule has 0 fully saturated rings. The molecule has 1 aliphatic heterocycles. The van der Waals surface area contributed by atoms with Crippen molar-refractivity contribution < 1.29 is 9.47 Å². The molecule has 3 heterocycles. The summed E-state index contributed by atoms with van der Waals surface area (Å²) in [5.41, 5.74) is 7.53. The molecule has 8 heteroatoms. The minimum atomic E-state index is -0.168. The van der Waals surface area contributed by atoms with Crippen LogP contribution in [0.15, 0.2) is 90.5 Å². The van der Waals surface area contributed by atoms with Gasteiger partial charge in [0.25, 0.3) is 5.56 Å². The summed E-state index contributed by atoms with van der Waals surface area (Å²) in [7, 11) is 1.60. The summed E-state index contributed by atoms with van der Waals surface area (Å²) < 4.78 is 13.1. The number of hydrogen-bond donors (Lipinski definition) is 1. The number of aromatic nitrogens is 2. The van der Waals surface area contributed by atoms with Crippen LogP contribution in [-0.4, -0.2) is 16.7 Å². The fraction of sp³-hybridized carbons (Fsp3) is 0.111. The highest BCUT2D eigenvalue weighted by Crippen LogP contribution is 2.40. The largest absolute Gasteiger partial charge is 0.497 e. The third-order valence-electron chi connectivity index (χ3n) is 5.78. The van der Waals surface area contributed by atoms with Crippen molar-refractivity contribution in [2.24, 2.45) is 0 Å². The maximum Gasteiger partial charge on any atom is 0.253 e. The summed E-state index contributed by atoms with van der Waals surface area (Å²) >= 11 is 6.46. The third-order valence-corrected chi connectivity index (χ3v) is 6.10. The van der Waals surface area contributed by atoms with Crippen LogP contribution < -0.4 is 25.5 Å². The van der Waals surface area contributed by atoms with Crippen molar-refractivity contribution in [2.75, 3.05) is 17.5 Å². The van der Waals surface area contributed by atoms with Gasteiger partial charge in [0, 0.05) is 30.1 Å². The minimum absolute atomic E-state index is 0.142. The molecule has 0 spiro atoms. The first-order chi connectivity index (χ1) is 17.0. The van der Waals surface area contributed by atoms with Crippen molar-refractivity contribution in [3.05, 3.63) is 118 Å². The molecular weight excluding hydrogens is 464 g/mol. The van der Waals surface area contributed by atoms with Gasteiger partial charge in [-0.1, -0.05) is 42.4 Å². The number of anilines is 2. The maximum absolute atomic E-state index is 13.3. The first-order valence-electron chi connectivity index (χ1n) is 11.0. The van der Waals surface area contributed by atoms with Crippen LogP contribution in [-0.2, 0) is 13.2 Å². The van der Waals surface area contributed by atoms with Gasteiger partial charge < -0.3 is 14.0 Å². The van der Waals surface area contributed by atoms with Crippen molar-refractivity contribution in [1.29, 1.82) is 0 Å². The molecule has 2 aromatic heterocycles. The number of methoxy groups -OCH3 is 1. The SMILES string of the molecule is C=C1c2c(cc(=O)n(Cc3cccnc3)c2COc2cccc(OC)c2)NN1c1ccccc1Cl. The molecule has 0 saturated heterocycles. The van der Waals surface area contributed by atoms with Crippen molar-refractivity contribution in [3.8, 4) is 11.5 Å². The molecule has 2 aromatic carbocycles. The van der Waals surface area contributed by atoms with Crippen molar-refractivity contribution >= 4 is 28.7 Å². The molecule has 35 heavy (non-hydrogen) atoms. The van der Waals surface area contributed by atoms with Crippen molar-refractivity contribution in [2.45, 2.75) is 13.2 Å². The van der Waals surface area contributed by atoms with E-state index in [0.29, 0.717) is 40.1 Å². The lowest BCUT2D eigenvalue weighted by molar-refractivity contribution is 0.291. The van der Waals surface area contributed by atoms with Crippen molar-refractivity contribution in [1.82, 2.24) is 9.55 Å². The van der Waals surface area contributed by atoms with Gasteiger partial charge in [0.1, 0.15) is 18.1 Å². The van der Waals surface area contributed by atoms with E-state index in [1.807, 2.05) is 54.6 Å². The Hall–Kier alpha value is -4.23. The second kappa shape index (κ2) is 9.56. The topological polar surface area (TPSA) is 68.6 Å². The van der Waals surface area contributed by atoms with E-state index in [1.54, 1.807) is 41.2 Å². The molecule has 0 saturated carbocycles. The number of para-hydroxylation sites is 1. The van der Waals surface area contributed by atoms with E-state index in [9.17, 15) is 4.79 Å². The number of nitrogens with zero attached hydrogens (tertiary/aromatic N) is 3. The predicted octanol–water partition coefficient (Wildman–Crippen LogP) is 5.35. The van der Waals surface area contributed by atoms with Gasteiger partial charge in [0.05, 0.1) is 41.4 Å². The molecule has 176 valence electrons. The zero-order valence-corrected chi connectivity index (χ0v) is 19.8. The van der Waals surface area contributed by atoms with Crippen LogP contribution in [0.1, 0.15) is 16.8 Å². The summed E-state index contributed by atoms with van der Waals surface area (Å²) in [6.45, 7) is 4.80. The molecule has 0 radical (unpaired) electrons. The number of fused-ring (bicyclic) bond motifs is 1. The van der Waals surface area contributed by atoms with Crippen LogP contribution in [0.4, 0.5) is 11.4 Å². The summed E-state index contributed by atoms with van der Waals surface area (Å²) in [4.78, 5) is 17.5. The number of hydrazine groups is 1. The Morgan fingerprint density at radius 2 is 1.89 bits per heavy atom. The first-order valence-corrected chi connectivity index (χ1v) is 11.4. The summed E-state index contributed by atoms with van der Waals surface area (Å²) in [5.74, 6) is 1.31. The molecule has 0 atom stereocenters. The van der Waals surface area contributed by atoms with Gasteiger partial charge in [-0.3, -0.25) is 20.2 Å². The van der Waals surface area contributed by atoms with Gasteiger partial charge in [-0.25, -0.2) is 0 Å². The fourth-order valence-electron chi connectivity index (χ4n) is 4.09. The van der Waals surface area contributed by atoms with Crippen LogP contribution in [0.2, 0.25) is 5.02 Å². The lowest BCUT2D eigenvalue weighted by atomic mass is 10.1. The van der Waals surface area contributed by atoms with E-state index in [2.05, 4.69) is 17.0 Å². The smallest absolute Gasteiger partial charge is 0.253 e. The van der Waals surface area contributed by atoms with Crippen LogP contribution in [0, 0.1) is 0 Å². The molecule has 0 aliphatic carbocycles. The predicted molar refractivity (Wildman–Crippen MR) is 138 cm³/mol. The zero-order valence-electron chi connectivity index (χ0n) is 19.1. The Kier molecular flexibility index (Phi) is 6.16. The number of halogens is 1. The van der Waals surface area contributed by atoms with Gasteiger partial charge in [-0.05, 0) is 35.9 Å². The Morgan fingerprint density at radius 3 is 2.66 bits per heavy atom. The molecule has 4 aromatic rings. The lowest BCUT2D eigenvalue weighted by Gasteiger charge is -2.21. The number of nitrogens with one attached hydrogen (secondary N) is 1. The molecule has 1 aliphatic rings. The fourth-order valence-corrected chi connectivity index (χ4v) is 4.31. The standard InChI is InChI=1S/C27H23ClN4O3/c1-18-27-23(30-32(18)24-11-4-3-10-22(24)28)14-26(33)31(16-19-7-6-12-29-15-19)25(27)17-35-21-9-5-8-20(13-21)34-2/h3-15,30H,1,16-17H2,2H3. The third kappa shape index (κ3) is 4.46. The average molecular weight is 487 g/mol. The zero-order chi connectivity index (χ0) is 24.4. The van der Waals surface area contributed by atoms with E-state index in [4.69, 9.17) is 21.1 Å². The highest BCUT2D eigenvalue weighted by molar-refractivity contribution is 6.33. The van der Waals surface area contributed by atoms with Crippen LogP contribution >= 0.6 is 11.6 Å². The van der Waals surface area contributed by atoms with E-state index in [0.717, 1.165) is 16.8 Å². The van der Waals surface area contributed by atoms with E-state index in [1.165, 1.54) is 0 Å². The highest BCUT2D eigenvalue weighted by Gasteiger charge is 2.30. The van der Waals surface area contributed by atoms with E-state index in [-0.39, 0.29) is 12.2 Å².